The van der Waals surface area contributed by atoms with Crippen LogP contribution in [0.4, 0.5) is 0 Å². The van der Waals surface area contributed by atoms with Crippen LogP contribution in [0.2, 0.25) is 0 Å². The summed E-state index contributed by atoms with van der Waals surface area (Å²) >= 11 is 0. The van der Waals surface area contributed by atoms with Gasteiger partial charge in [-0.15, -0.1) is 0 Å². The number of benzene rings is 8. The highest BCUT2D eigenvalue weighted by atomic mass is 15.0. The third-order valence-electron chi connectivity index (χ3n) is 10.6. The average molecular weight is 687 g/mol. The van der Waals surface area contributed by atoms with Crippen LogP contribution in [0.15, 0.2) is 182 Å². The van der Waals surface area contributed by atoms with Crippen molar-refractivity contribution in [1.29, 1.82) is 10.5 Å². The van der Waals surface area contributed by atoms with E-state index in [1.54, 1.807) is 18.2 Å². The van der Waals surface area contributed by atoms with E-state index in [0.29, 0.717) is 16.7 Å². The van der Waals surface area contributed by atoms with Crippen LogP contribution in [0.5, 0.6) is 0 Å². The first-order valence-electron chi connectivity index (χ1n) is 18.0. The highest BCUT2D eigenvalue weighted by Crippen LogP contribution is 2.44. The Balaban J connectivity index is 1.29. The van der Waals surface area contributed by atoms with Gasteiger partial charge >= 0.3 is 0 Å². The summed E-state index contributed by atoms with van der Waals surface area (Å²) < 4.78 is 4.78. The van der Waals surface area contributed by atoms with E-state index in [-0.39, 0.29) is 0 Å². The first kappa shape index (κ1) is 31.1. The molecular weight excluding hydrogens is 657 g/mol. The highest BCUT2D eigenvalue weighted by molar-refractivity contribution is 6.11. The smallest absolute Gasteiger partial charge is 0.0998 e. The summed E-state index contributed by atoms with van der Waals surface area (Å²) in [6, 6.07) is 68.0. The number of rotatable bonds is 5. The Labute approximate surface area is 312 Å². The molecule has 0 N–H and O–H groups in total. The average Bonchev–Trinajstić information content (AvgIpc) is 3.76. The third-order valence-corrected chi connectivity index (χ3v) is 10.6. The number of hydrogen-bond donors (Lipinski definition) is 0. The fourth-order valence-electron chi connectivity index (χ4n) is 8.37. The molecule has 0 unspecified atom stereocenters. The molecule has 250 valence electrons. The molecule has 4 nitrogen and oxygen atoms in total. The van der Waals surface area contributed by atoms with Crippen LogP contribution < -0.4 is 0 Å². The Bertz CT molecular complexity index is 3040. The molecule has 10 aromatic rings. The minimum Gasteiger partial charge on any atom is -0.309 e. The Hall–Kier alpha value is -7.66. The molecule has 54 heavy (non-hydrogen) atoms. The van der Waals surface area contributed by atoms with E-state index in [9.17, 15) is 10.5 Å². The second-order valence-corrected chi connectivity index (χ2v) is 13.5. The van der Waals surface area contributed by atoms with Gasteiger partial charge < -0.3 is 9.13 Å². The van der Waals surface area contributed by atoms with Crippen molar-refractivity contribution in [2.45, 2.75) is 0 Å². The third kappa shape index (κ3) is 4.68. The van der Waals surface area contributed by atoms with E-state index in [0.717, 1.165) is 61.3 Å². The number of nitriles is 2. The normalized spacial score (nSPS) is 11.3. The zero-order valence-electron chi connectivity index (χ0n) is 29.1. The summed E-state index contributed by atoms with van der Waals surface area (Å²) in [5.74, 6) is 0. The predicted molar refractivity (Wildman–Crippen MR) is 221 cm³/mol. The lowest BCUT2D eigenvalue weighted by atomic mass is 9.89. The first-order chi connectivity index (χ1) is 26.7. The van der Waals surface area contributed by atoms with Gasteiger partial charge in [-0.1, -0.05) is 133 Å². The van der Waals surface area contributed by atoms with E-state index < -0.39 is 0 Å². The molecule has 2 heterocycles. The molecule has 0 aliphatic heterocycles. The number of para-hydroxylation sites is 5. The van der Waals surface area contributed by atoms with Crippen molar-refractivity contribution in [2.24, 2.45) is 0 Å². The van der Waals surface area contributed by atoms with Gasteiger partial charge in [-0.3, -0.25) is 0 Å². The van der Waals surface area contributed by atoms with Gasteiger partial charge in [0.05, 0.1) is 56.7 Å². The van der Waals surface area contributed by atoms with Crippen LogP contribution in [0, 0.1) is 22.7 Å². The summed E-state index contributed by atoms with van der Waals surface area (Å²) in [6.07, 6.45) is 0. The predicted octanol–water partition coefficient (Wildman–Crippen LogP) is 12.6. The minimum atomic E-state index is 0.480. The maximum atomic E-state index is 9.98. The molecule has 10 rings (SSSR count). The van der Waals surface area contributed by atoms with Crippen molar-refractivity contribution in [3.63, 3.8) is 0 Å². The van der Waals surface area contributed by atoms with E-state index in [2.05, 4.69) is 173 Å². The van der Waals surface area contributed by atoms with Gasteiger partial charge in [0, 0.05) is 38.2 Å². The standard InChI is InChI=1S/C50H30N4/c51-31-35-13-11-14-36(32-52)49(35)33-27-29-34(30-28-33)50-42(20-12-26-48(50)54-45-23-8-3-17-39(45)40-18-4-9-24-46(40)54)41-19-5-10-25-47(41)53-43-21-6-1-15-37(43)38-16-2-7-22-44(38)53/h1-30H. The zero-order chi connectivity index (χ0) is 36.2. The monoisotopic (exact) mass is 686 g/mol. The summed E-state index contributed by atoms with van der Waals surface area (Å²) in [6.45, 7) is 0. The van der Waals surface area contributed by atoms with Gasteiger partial charge in [0.15, 0.2) is 0 Å². The number of nitrogens with zero attached hydrogens (tertiary/aromatic N) is 4. The van der Waals surface area contributed by atoms with Crippen molar-refractivity contribution in [2.75, 3.05) is 0 Å². The molecule has 8 aromatic carbocycles. The molecule has 0 aliphatic carbocycles. The molecule has 0 spiro atoms. The molecule has 0 saturated carbocycles. The summed E-state index contributed by atoms with van der Waals surface area (Å²) in [4.78, 5) is 0. The van der Waals surface area contributed by atoms with E-state index in [1.807, 2.05) is 12.1 Å². The van der Waals surface area contributed by atoms with E-state index in [1.165, 1.54) is 21.5 Å². The SMILES string of the molecule is N#Cc1cccc(C#N)c1-c1ccc(-c2c(-c3ccccc3-n3c4ccccc4c4ccccc43)cccc2-n2c3ccccc3c3ccccc32)cc1. The van der Waals surface area contributed by atoms with Crippen molar-refractivity contribution in [3.05, 3.63) is 193 Å². The number of fused-ring (bicyclic) bond motifs is 6. The van der Waals surface area contributed by atoms with Crippen LogP contribution in [0.1, 0.15) is 11.1 Å². The van der Waals surface area contributed by atoms with Gasteiger partial charge in [-0.25, -0.2) is 0 Å². The van der Waals surface area contributed by atoms with Gasteiger partial charge in [0.1, 0.15) is 0 Å². The van der Waals surface area contributed by atoms with E-state index >= 15 is 0 Å². The number of aromatic nitrogens is 2. The molecular formula is C50H30N4. The van der Waals surface area contributed by atoms with Gasteiger partial charge in [0.2, 0.25) is 0 Å². The summed E-state index contributed by atoms with van der Waals surface area (Å²) in [7, 11) is 0. The molecule has 4 heteroatoms. The lowest BCUT2D eigenvalue weighted by molar-refractivity contribution is 1.17. The van der Waals surface area contributed by atoms with Crippen LogP contribution >= 0.6 is 0 Å². The first-order valence-corrected chi connectivity index (χ1v) is 18.0. The maximum absolute atomic E-state index is 9.98. The van der Waals surface area contributed by atoms with Gasteiger partial charge in [-0.05, 0) is 65.2 Å². The Morgan fingerprint density at radius 1 is 0.315 bits per heavy atom. The highest BCUT2D eigenvalue weighted by Gasteiger charge is 2.22. The fourth-order valence-corrected chi connectivity index (χ4v) is 8.37. The topological polar surface area (TPSA) is 57.4 Å². The lowest BCUT2D eigenvalue weighted by Gasteiger charge is -2.21. The largest absolute Gasteiger partial charge is 0.309 e. The van der Waals surface area contributed by atoms with Crippen LogP contribution in [-0.4, -0.2) is 9.13 Å². The van der Waals surface area contributed by atoms with Crippen LogP contribution in [-0.2, 0) is 0 Å². The minimum absolute atomic E-state index is 0.480. The quantitative estimate of drug-likeness (QED) is 0.181. The van der Waals surface area contributed by atoms with Crippen molar-refractivity contribution < 1.29 is 0 Å². The second-order valence-electron chi connectivity index (χ2n) is 13.5. The Morgan fingerprint density at radius 2 is 0.685 bits per heavy atom. The van der Waals surface area contributed by atoms with Crippen LogP contribution in [0.3, 0.4) is 0 Å². The van der Waals surface area contributed by atoms with Crippen molar-refractivity contribution in [1.82, 2.24) is 9.13 Å². The van der Waals surface area contributed by atoms with Crippen LogP contribution in [0.25, 0.3) is 88.4 Å². The Kier molecular flexibility index (Phi) is 7.22. The summed E-state index contributed by atoms with van der Waals surface area (Å²) in [5.41, 5.74) is 13.5. The summed E-state index contributed by atoms with van der Waals surface area (Å²) in [5, 5.41) is 24.8. The van der Waals surface area contributed by atoms with Crippen molar-refractivity contribution >= 4 is 43.6 Å². The van der Waals surface area contributed by atoms with Crippen molar-refractivity contribution in [3.8, 4) is 56.9 Å². The van der Waals surface area contributed by atoms with Gasteiger partial charge in [0.25, 0.3) is 0 Å². The molecule has 0 radical (unpaired) electrons. The molecule has 0 amide bonds. The number of hydrogen-bond acceptors (Lipinski definition) is 2. The van der Waals surface area contributed by atoms with E-state index in [4.69, 9.17) is 0 Å². The molecule has 0 atom stereocenters. The molecule has 0 bridgehead atoms. The molecule has 0 aliphatic rings. The molecule has 0 fully saturated rings. The fraction of sp³-hybridized carbons (Fsp3) is 0. The Morgan fingerprint density at radius 3 is 1.19 bits per heavy atom. The zero-order valence-corrected chi connectivity index (χ0v) is 29.1. The second kappa shape index (κ2) is 12.5. The lowest BCUT2D eigenvalue weighted by Crippen LogP contribution is -2.02. The maximum Gasteiger partial charge on any atom is 0.0998 e. The molecule has 2 aromatic heterocycles. The molecule has 0 saturated heterocycles. The van der Waals surface area contributed by atoms with Gasteiger partial charge in [-0.2, -0.15) is 10.5 Å².